The summed E-state index contributed by atoms with van der Waals surface area (Å²) in [6, 6.07) is 17.9. The molecular formula is C53H63N9O12. The van der Waals surface area contributed by atoms with Crippen LogP contribution in [0, 0.1) is 16.7 Å². The molecule has 0 spiro atoms. The number of fused-ring (bicyclic) bond motifs is 1. The molecular weight excluding hydrogens is 955 g/mol. The predicted octanol–water partition coefficient (Wildman–Crippen LogP) is 5.88. The number of ether oxygens (including phenoxy) is 7. The number of carbonyl (C=O) groups excluding carboxylic acids is 3. The SMILES string of the molecule is CC(C)(C)CC[C@H](NC(=O)c1ccc(Oc2cccc(C(=O)NCCOCCOCCOCCOCCOCCOc3ncc(-c4ccc5c(n4)N(Cc4cccnc4C#N)C(C)(C)C5=O)cn3)c2)nc1)C(=O)O. The van der Waals surface area contributed by atoms with E-state index in [4.69, 9.17) is 38.1 Å². The molecule has 74 heavy (non-hydrogen) atoms. The van der Waals surface area contributed by atoms with Crippen LogP contribution < -0.4 is 25.0 Å². The standard InChI is InChI=1S/C53H63N9O12/c1-52(2,3)16-15-43(50(66)67)61-49(65)37-11-14-45(57-32-37)74-40-10-6-8-36(30-40)48(64)56-18-19-68-20-21-69-22-23-70-24-25-71-26-27-72-28-29-73-51-58-33-39(34-59-51)42-13-12-41-46(63)53(4,5)62(47(41)60-42)35-38-9-7-17-55-44(38)31-54/h6-14,17,30,32-34,43H,15-16,18-29,35H2,1-5H3,(H,56,64)(H,61,65)(H,66,67)/t43-/m0/s1. The van der Waals surface area contributed by atoms with Gasteiger partial charge in [-0.15, -0.1) is 0 Å². The molecule has 0 aliphatic carbocycles. The van der Waals surface area contributed by atoms with Crippen LogP contribution in [0.3, 0.4) is 0 Å². The average molecular weight is 1020 g/mol. The molecule has 1 aliphatic heterocycles. The summed E-state index contributed by atoms with van der Waals surface area (Å²) in [6.07, 6.45) is 7.01. The Morgan fingerprint density at radius 2 is 1.43 bits per heavy atom. The fourth-order valence-corrected chi connectivity index (χ4v) is 7.33. The Labute approximate surface area is 429 Å². The lowest BCUT2D eigenvalue weighted by Crippen LogP contribution is -2.44. The van der Waals surface area contributed by atoms with Crippen molar-refractivity contribution in [1.82, 2.24) is 35.6 Å². The number of amides is 2. The summed E-state index contributed by atoms with van der Waals surface area (Å²) in [7, 11) is 0. The zero-order valence-electron chi connectivity index (χ0n) is 42.3. The van der Waals surface area contributed by atoms with Crippen molar-refractivity contribution in [1.29, 1.82) is 5.26 Å². The molecule has 0 saturated heterocycles. The topological polar surface area (TPSA) is 269 Å². The number of nitrogens with one attached hydrogen (secondary N) is 2. The minimum Gasteiger partial charge on any atom is -0.480 e. The number of benzene rings is 1. The van der Waals surface area contributed by atoms with E-state index in [1.165, 1.54) is 18.3 Å². The van der Waals surface area contributed by atoms with Gasteiger partial charge in [-0.1, -0.05) is 32.9 Å². The average Bonchev–Trinajstić information content (AvgIpc) is 3.57. The molecule has 6 rings (SSSR count). The van der Waals surface area contributed by atoms with Gasteiger partial charge in [0.2, 0.25) is 5.88 Å². The van der Waals surface area contributed by atoms with Crippen molar-refractivity contribution in [3.63, 3.8) is 0 Å². The molecule has 21 heteroatoms. The second kappa shape index (κ2) is 27.5. The molecule has 0 fully saturated rings. The van der Waals surface area contributed by atoms with Gasteiger partial charge in [0, 0.05) is 60.6 Å². The Hall–Kier alpha value is -7.48. The second-order valence-corrected chi connectivity index (χ2v) is 18.6. The Kier molecular flexibility index (Phi) is 20.8. The lowest BCUT2D eigenvalue weighted by molar-refractivity contribution is -0.139. The fourth-order valence-electron chi connectivity index (χ4n) is 7.33. The van der Waals surface area contributed by atoms with Crippen molar-refractivity contribution in [2.45, 2.75) is 65.6 Å². The largest absolute Gasteiger partial charge is 0.480 e. The van der Waals surface area contributed by atoms with Gasteiger partial charge in [0.1, 0.15) is 36.0 Å². The number of aliphatic carboxylic acids is 1. The van der Waals surface area contributed by atoms with Crippen LogP contribution in [0.2, 0.25) is 0 Å². The van der Waals surface area contributed by atoms with Crippen LogP contribution in [-0.4, -0.2) is 144 Å². The summed E-state index contributed by atoms with van der Waals surface area (Å²) in [4.78, 5) is 74.1. The van der Waals surface area contributed by atoms with Crippen LogP contribution in [0.5, 0.6) is 17.6 Å². The van der Waals surface area contributed by atoms with Crippen molar-refractivity contribution in [3.05, 3.63) is 113 Å². The number of carboxylic acid groups (broad SMARTS) is 1. The molecule has 3 N–H and O–H groups in total. The first kappa shape index (κ1) is 55.8. The van der Waals surface area contributed by atoms with Gasteiger partial charge in [-0.05, 0) is 74.6 Å². The normalized spacial score (nSPS) is 13.2. The third-order valence-corrected chi connectivity index (χ3v) is 11.4. The van der Waals surface area contributed by atoms with E-state index in [9.17, 15) is 29.5 Å². The van der Waals surface area contributed by atoms with Gasteiger partial charge in [-0.25, -0.2) is 29.7 Å². The van der Waals surface area contributed by atoms with Gasteiger partial charge in [-0.3, -0.25) is 14.4 Å². The van der Waals surface area contributed by atoms with Crippen LogP contribution in [-0.2, 0) is 35.0 Å². The molecule has 0 saturated carbocycles. The van der Waals surface area contributed by atoms with E-state index in [0.717, 1.165) is 0 Å². The number of hydrogen-bond donors (Lipinski definition) is 3. The maximum atomic E-state index is 13.3. The minimum absolute atomic E-state index is 0.0552. The lowest BCUT2D eigenvalue weighted by atomic mass is 9.88. The summed E-state index contributed by atoms with van der Waals surface area (Å²) in [6.45, 7) is 14.1. The first-order valence-corrected chi connectivity index (χ1v) is 24.2. The zero-order valence-corrected chi connectivity index (χ0v) is 42.3. The van der Waals surface area contributed by atoms with Gasteiger partial charge in [0.25, 0.3) is 11.8 Å². The van der Waals surface area contributed by atoms with E-state index < -0.39 is 23.5 Å². The predicted molar refractivity (Wildman–Crippen MR) is 269 cm³/mol. The molecule has 0 bridgehead atoms. The van der Waals surface area contributed by atoms with Crippen molar-refractivity contribution in [2.24, 2.45) is 5.41 Å². The first-order chi connectivity index (χ1) is 35.6. The number of carboxylic acids is 1. The maximum absolute atomic E-state index is 13.3. The minimum atomic E-state index is -1.10. The smallest absolute Gasteiger partial charge is 0.326 e. The van der Waals surface area contributed by atoms with Crippen LogP contribution in [0.4, 0.5) is 5.82 Å². The van der Waals surface area contributed by atoms with Crippen LogP contribution in [0.1, 0.15) is 89.8 Å². The number of anilines is 1. The summed E-state index contributed by atoms with van der Waals surface area (Å²) in [5.74, 6) is -0.942. The number of aromatic nitrogens is 5. The van der Waals surface area contributed by atoms with E-state index in [0.29, 0.717) is 124 Å². The number of nitrogens with zero attached hydrogens (tertiary/aromatic N) is 7. The highest BCUT2D eigenvalue weighted by Crippen LogP contribution is 2.40. The van der Waals surface area contributed by atoms with Crippen molar-refractivity contribution >= 4 is 29.4 Å². The number of hydrogen-bond acceptors (Lipinski definition) is 18. The summed E-state index contributed by atoms with van der Waals surface area (Å²) in [5.41, 5.74) is 2.36. The molecule has 5 aromatic rings. The van der Waals surface area contributed by atoms with Crippen LogP contribution >= 0.6 is 0 Å². The summed E-state index contributed by atoms with van der Waals surface area (Å²) < 4.78 is 39.2. The lowest BCUT2D eigenvalue weighted by Gasteiger charge is -2.32. The van der Waals surface area contributed by atoms with Crippen molar-refractivity contribution in [3.8, 4) is 35.0 Å². The number of Topliss-reactive ketones (excluding diaryl/α,β-unsaturated/α-hetero) is 1. The molecule has 1 aliphatic rings. The summed E-state index contributed by atoms with van der Waals surface area (Å²) in [5, 5.41) is 24.5. The Balaban J connectivity index is 0.746. The van der Waals surface area contributed by atoms with E-state index >= 15 is 0 Å². The Morgan fingerprint density at radius 1 is 0.770 bits per heavy atom. The number of nitriles is 1. The number of rotatable bonds is 30. The highest BCUT2D eigenvalue weighted by Gasteiger charge is 2.45. The molecule has 4 aromatic heterocycles. The monoisotopic (exact) mass is 1020 g/mol. The first-order valence-electron chi connectivity index (χ1n) is 24.2. The number of ketones is 1. The van der Waals surface area contributed by atoms with Gasteiger partial charge < -0.3 is 53.8 Å². The van der Waals surface area contributed by atoms with E-state index in [2.05, 4.69) is 36.6 Å². The van der Waals surface area contributed by atoms with Crippen molar-refractivity contribution < 1.29 is 57.4 Å². The van der Waals surface area contributed by atoms with Crippen molar-refractivity contribution in [2.75, 3.05) is 84.1 Å². The third kappa shape index (κ3) is 16.8. The van der Waals surface area contributed by atoms with Gasteiger partial charge in [0.15, 0.2) is 5.78 Å². The molecule has 1 atom stereocenters. The molecule has 1 aromatic carbocycles. The Bertz CT molecular complexity index is 2690. The number of carbonyl (C=O) groups is 4. The van der Waals surface area contributed by atoms with E-state index in [-0.39, 0.29) is 54.3 Å². The molecule has 392 valence electrons. The Morgan fingerprint density at radius 3 is 2.05 bits per heavy atom. The van der Waals surface area contributed by atoms with Gasteiger partial charge in [0.05, 0.1) is 88.4 Å². The molecule has 5 heterocycles. The molecule has 21 nitrogen and oxygen atoms in total. The number of pyridine rings is 3. The maximum Gasteiger partial charge on any atom is 0.326 e. The quantitative estimate of drug-likeness (QED) is 0.0454. The van der Waals surface area contributed by atoms with E-state index in [1.54, 1.807) is 61.1 Å². The second-order valence-electron chi connectivity index (χ2n) is 18.6. The zero-order chi connectivity index (χ0) is 52.9. The van der Waals surface area contributed by atoms with Gasteiger partial charge >= 0.3 is 12.0 Å². The van der Waals surface area contributed by atoms with Gasteiger partial charge in [-0.2, -0.15) is 5.26 Å². The highest BCUT2D eigenvalue weighted by atomic mass is 16.6. The molecule has 0 radical (unpaired) electrons. The van der Waals surface area contributed by atoms with Crippen LogP contribution in [0.15, 0.2) is 85.5 Å². The van der Waals surface area contributed by atoms with Crippen LogP contribution in [0.25, 0.3) is 11.3 Å². The summed E-state index contributed by atoms with van der Waals surface area (Å²) >= 11 is 0. The third-order valence-electron chi connectivity index (χ3n) is 11.4. The van der Waals surface area contributed by atoms with E-state index in [1.807, 2.05) is 45.6 Å². The molecule has 2 amide bonds. The highest BCUT2D eigenvalue weighted by molar-refractivity contribution is 6.13. The molecule has 0 unspecified atom stereocenters. The fraction of sp³-hybridized carbons (Fsp3) is 0.434.